The molecule has 0 aliphatic carbocycles. The molecule has 0 fully saturated rings. The quantitative estimate of drug-likeness (QED) is 0.524. The van der Waals surface area contributed by atoms with E-state index in [0.29, 0.717) is 4.43 Å². The Balaban J connectivity index is 2.79. The number of rotatable bonds is 3. The molecule has 2 nitrogen and oxygen atoms in total. The fourth-order valence-corrected chi connectivity index (χ4v) is 1.47. The van der Waals surface area contributed by atoms with E-state index in [1.807, 2.05) is 30.3 Å². The van der Waals surface area contributed by atoms with Crippen LogP contribution in [0.2, 0.25) is 0 Å². The van der Waals surface area contributed by atoms with Gasteiger partial charge < -0.3 is 9.84 Å². The van der Waals surface area contributed by atoms with Crippen molar-refractivity contribution in [3.05, 3.63) is 35.9 Å². The van der Waals surface area contributed by atoms with Crippen molar-refractivity contribution in [3.8, 4) is 11.8 Å². The molecule has 0 aromatic heterocycles. The van der Waals surface area contributed by atoms with E-state index in [1.54, 1.807) is 7.11 Å². The predicted molar refractivity (Wildman–Crippen MR) is 69.0 cm³/mol. The molecule has 80 valence electrons. The second kappa shape index (κ2) is 6.11. The van der Waals surface area contributed by atoms with Gasteiger partial charge in [0.2, 0.25) is 0 Å². The Morgan fingerprint density at radius 1 is 1.40 bits per heavy atom. The van der Waals surface area contributed by atoms with Crippen LogP contribution in [0.5, 0.6) is 0 Å². The molecule has 0 unspecified atom stereocenters. The van der Waals surface area contributed by atoms with Gasteiger partial charge in [-0.2, -0.15) is 0 Å². The van der Waals surface area contributed by atoms with Crippen LogP contribution in [0, 0.1) is 11.8 Å². The Morgan fingerprint density at radius 2 is 2.07 bits per heavy atom. The maximum atomic E-state index is 9.98. The number of hydrogen-bond donors (Lipinski definition) is 1. The summed E-state index contributed by atoms with van der Waals surface area (Å²) in [5.41, 5.74) is -0.151. The molecule has 1 aromatic rings. The minimum atomic E-state index is -1.05. The lowest BCUT2D eigenvalue weighted by atomic mass is 10.1. The molecule has 3 heteroatoms. The summed E-state index contributed by atoms with van der Waals surface area (Å²) in [4.78, 5) is 0. The van der Waals surface area contributed by atoms with Crippen LogP contribution in [0.15, 0.2) is 30.3 Å². The molecule has 0 bridgehead atoms. The fraction of sp³-hybridized carbons (Fsp3) is 0.333. The normalized spacial score (nSPS) is 13.8. The molecule has 1 N–H and O–H groups in total. The van der Waals surface area contributed by atoms with E-state index < -0.39 is 5.60 Å². The van der Waals surface area contributed by atoms with E-state index in [0.717, 1.165) is 5.56 Å². The zero-order chi connectivity index (χ0) is 11.1. The van der Waals surface area contributed by atoms with Crippen molar-refractivity contribution in [1.82, 2.24) is 0 Å². The van der Waals surface area contributed by atoms with Gasteiger partial charge in [-0.25, -0.2) is 0 Å². The number of halogens is 1. The standard InChI is InChI=1S/C12H13IO2/c1-15-10-12(14,9-13)8-7-11-5-3-2-4-6-11/h2-6,14H,9-10H2,1H3/t12-/m0/s1. The molecular weight excluding hydrogens is 303 g/mol. The highest BCUT2D eigenvalue weighted by Crippen LogP contribution is 2.08. The van der Waals surface area contributed by atoms with Crippen molar-refractivity contribution in [1.29, 1.82) is 0 Å². The van der Waals surface area contributed by atoms with Crippen LogP contribution in [0.3, 0.4) is 0 Å². The third-order valence-corrected chi connectivity index (χ3v) is 3.08. The second-order valence-corrected chi connectivity index (χ2v) is 3.98. The van der Waals surface area contributed by atoms with Crippen molar-refractivity contribution in [2.24, 2.45) is 0 Å². The Morgan fingerprint density at radius 3 is 2.60 bits per heavy atom. The van der Waals surface area contributed by atoms with E-state index >= 15 is 0 Å². The van der Waals surface area contributed by atoms with Crippen LogP contribution in [0.4, 0.5) is 0 Å². The van der Waals surface area contributed by atoms with Crippen LogP contribution in [-0.2, 0) is 4.74 Å². The first-order valence-electron chi connectivity index (χ1n) is 4.56. The summed E-state index contributed by atoms with van der Waals surface area (Å²) < 4.78 is 5.46. The molecule has 1 rings (SSSR count). The zero-order valence-corrected chi connectivity index (χ0v) is 10.7. The van der Waals surface area contributed by atoms with Gasteiger partial charge in [-0.05, 0) is 12.1 Å². The van der Waals surface area contributed by atoms with Crippen molar-refractivity contribution >= 4 is 22.6 Å². The number of benzene rings is 1. The van der Waals surface area contributed by atoms with Crippen LogP contribution in [-0.4, -0.2) is 28.9 Å². The average Bonchev–Trinajstić information content (AvgIpc) is 2.28. The topological polar surface area (TPSA) is 29.5 Å². The number of methoxy groups -OCH3 is 1. The van der Waals surface area contributed by atoms with Gasteiger partial charge >= 0.3 is 0 Å². The lowest BCUT2D eigenvalue weighted by molar-refractivity contribution is 0.0329. The van der Waals surface area contributed by atoms with Crippen molar-refractivity contribution in [3.63, 3.8) is 0 Å². The van der Waals surface area contributed by atoms with E-state index in [4.69, 9.17) is 4.74 Å². The molecule has 0 aliphatic rings. The first kappa shape index (κ1) is 12.5. The molecule has 0 heterocycles. The summed E-state index contributed by atoms with van der Waals surface area (Å²) in [6, 6.07) is 9.60. The highest BCUT2D eigenvalue weighted by molar-refractivity contribution is 14.1. The smallest absolute Gasteiger partial charge is 0.157 e. The number of ether oxygens (including phenoxy) is 1. The minimum Gasteiger partial charge on any atom is -0.381 e. The molecular formula is C12H13IO2. The van der Waals surface area contributed by atoms with Gasteiger partial charge in [-0.1, -0.05) is 52.6 Å². The molecule has 0 saturated heterocycles. The first-order chi connectivity index (χ1) is 7.20. The summed E-state index contributed by atoms with van der Waals surface area (Å²) in [5.74, 6) is 5.77. The minimum absolute atomic E-state index is 0.232. The van der Waals surface area contributed by atoms with E-state index in [9.17, 15) is 5.11 Å². The zero-order valence-electron chi connectivity index (χ0n) is 8.53. The van der Waals surface area contributed by atoms with E-state index in [2.05, 4.69) is 34.4 Å². The van der Waals surface area contributed by atoms with E-state index in [-0.39, 0.29) is 6.61 Å². The van der Waals surface area contributed by atoms with Gasteiger partial charge in [0.15, 0.2) is 5.60 Å². The summed E-state index contributed by atoms with van der Waals surface area (Å²) in [6.07, 6.45) is 0. The summed E-state index contributed by atoms with van der Waals surface area (Å²) in [5, 5.41) is 9.98. The maximum absolute atomic E-state index is 9.98. The number of alkyl halides is 1. The summed E-state index contributed by atoms with van der Waals surface area (Å²) >= 11 is 2.10. The van der Waals surface area contributed by atoms with Gasteiger partial charge in [-0.3, -0.25) is 0 Å². The Hall–Kier alpha value is -0.570. The first-order valence-corrected chi connectivity index (χ1v) is 6.08. The van der Waals surface area contributed by atoms with Crippen LogP contribution >= 0.6 is 22.6 Å². The molecule has 1 aromatic carbocycles. The highest BCUT2D eigenvalue weighted by Gasteiger charge is 2.22. The van der Waals surface area contributed by atoms with Gasteiger partial charge in [0, 0.05) is 17.1 Å². The summed E-state index contributed by atoms with van der Waals surface area (Å²) in [6.45, 7) is 0.232. The van der Waals surface area contributed by atoms with Gasteiger partial charge in [0.25, 0.3) is 0 Å². The second-order valence-electron chi connectivity index (χ2n) is 3.21. The fourth-order valence-electron chi connectivity index (χ4n) is 1.06. The summed E-state index contributed by atoms with van der Waals surface area (Å²) in [7, 11) is 1.56. The molecule has 1 atom stereocenters. The molecule has 0 radical (unpaired) electrons. The maximum Gasteiger partial charge on any atom is 0.157 e. The third-order valence-electron chi connectivity index (χ3n) is 1.82. The molecule has 0 aliphatic heterocycles. The predicted octanol–water partition coefficient (Wildman–Crippen LogP) is 1.85. The van der Waals surface area contributed by atoms with Crippen molar-refractivity contribution in [2.45, 2.75) is 5.60 Å². The van der Waals surface area contributed by atoms with Crippen molar-refractivity contribution < 1.29 is 9.84 Å². The monoisotopic (exact) mass is 316 g/mol. The largest absolute Gasteiger partial charge is 0.381 e. The number of hydrogen-bond acceptors (Lipinski definition) is 2. The number of aliphatic hydroxyl groups is 1. The Kier molecular flexibility index (Phi) is 5.09. The lowest BCUT2D eigenvalue weighted by Gasteiger charge is -2.17. The highest BCUT2D eigenvalue weighted by atomic mass is 127. The van der Waals surface area contributed by atoms with Gasteiger partial charge in [0.1, 0.15) is 0 Å². The molecule has 15 heavy (non-hydrogen) atoms. The van der Waals surface area contributed by atoms with E-state index in [1.165, 1.54) is 0 Å². The third kappa shape index (κ3) is 4.20. The lowest BCUT2D eigenvalue weighted by Crippen LogP contribution is -2.34. The molecule has 0 saturated carbocycles. The Labute approximate surface area is 104 Å². The van der Waals surface area contributed by atoms with Crippen molar-refractivity contribution in [2.75, 3.05) is 18.1 Å². The van der Waals surface area contributed by atoms with Crippen LogP contribution in [0.1, 0.15) is 5.56 Å². The SMILES string of the molecule is COC[C@](O)(C#Cc1ccccc1)CI. The molecule has 0 spiro atoms. The average molecular weight is 316 g/mol. The van der Waals surface area contributed by atoms with Crippen LogP contribution in [0.25, 0.3) is 0 Å². The van der Waals surface area contributed by atoms with Gasteiger partial charge in [-0.15, -0.1) is 0 Å². The Bertz CT molecular complexity index is 353. The van der Waals surface area contributed by atoms with Crippen LogP contribution < -0.4 is 0 Å². The molecule has 0 amide bonds. The van der Waals surface area contributed by atoms with Gasteiger partial charge in [0.05, 0.1) is 6.61 Å².